The molecule has 1 atom stereocenters. The Bertz CT molecular complexity index is 76.8. The van der Waals surface area contributed by atoms with Gasteiger partial charge in [0.05, 0.1) is 20.6 Å². The molecule has 6 heteroatoms. The lowest BCUT2D eigenvalue weighted by Crippen LogP contribution is -2.61. The number of aliphatic hydroxyl groups excluding tert-OH is 1. The normalized spacial score (nSPS) is 15.7. The third-order valence-electron chi connectivity index (χ3n) is 0.438. The topological polar surface area (TPSA) is 98.6 Å². The highest BCUT2D eigenvalue weighted by molar-refractivity contribution is 4.35. The average Bonchev–Trinajstić information content (AvgIpc) is 1.59. The Balaban J connectivity index is 3.28. The lowest BCUT2D eigenvalue weighted by atomic mass is 10.5. The SMILES string of the molecule is CC(O)CO[Cl+3]([O-])([O-])[O-]. The molecule has 0 fully saturated rings. The lowest BCUT2D eigenvalue weighted by molar-refractivity contribution is -1.92. The van der Waals surface area contributed by atoms with Crippen molar-refractivity contribution < 1.29 is 33.6 Å². The van der Waals surface area contributed by atoms with Crippen LogP contribution in [0.4, 0.5) is 0 Å². The van der Waals surface area contributed by atoms with Gasteiger partial charge in [-0.1, -0.05) is 0 Å². The summed E-state index contributed by atoms with van der Waals surface area (Å²) in [5, 5.41) is 8.38. The van der Waals surface area contributed by atoms with Crippen molar-refractivity contribution in [2.24, 2.45) is 0 Å². The molecular weight excluding hydrogens is 151 g/mol. The molecular formula is C3H7ClO5. The Morgan fingerprint density at radius 2 is 2.00 bits per heavy atom. The minimum absolute atomic E-state index is 0.493. The van der Waals surface area contributed by atoms with Crippen LogP contribution < -0.4 is 14.0 Å². The molecule has 0 aliphatic rings. The van der Waals surface area contributed by atoms with Crippen molar-refractivity contribution in [3.05, 3.63) is 0 Å². The fraction of sp³-hybridized carbons (Fsp3) is 1.00. The van der Waals surface area contributed by atoms with Crippen LogP contribution in [0.1, 0.15) is 6.92 Å². The Labute approximate surface area is 54.2 Å². The molecule has 1 N–H and O–H groups in total. The molecule has 0 aromatic rings. The maximum atomic E-state index is 9.62. The quantitative estimate of drug-likeness (QED) is 0.456. The monoisotopic (exact) mass is 158 g/mol. The van der Waals surface area contributed by atoms with E-state index in [1.807, 2.05) is 0 Å². The summed E-state index contributed by atoms with van der Waals surface area (Å²) < 4.78 is 32.5. The number of halogens is 1. The summed E-state index contributed by atoms with van der Waals surface area (Å²) in [6.07, 6.45) is -0.943. The van der Waals surface area contributed by atoms with Gasteiger partial charge in [-0.05, 0) is 6.92 Å². The van der Waals surface area contributed by atoms with Gasteiger partial charge in [-0.2, -0.15) is 14.0 Å². The molecule has 5 nitrogen and oxygen atoms in total. The van der Waals surface area contributed by atoms with Crippen LogP contribution in [0.5, 0.6) is 0 Å². The van der Waals surface area contributed by atoms with E-state index in [4.69, 9.17) is 5.11 Å². The number of hydrogen-bond acceptors (Lipinski definition) is 5. The highest BCUT2D eigenvalue weighted by Crippen LogP contribution is 1.89. The highest BCUT2D eigenvalue weighted by atomic mass is 35.7. The highest BCUT2D eigenvalue weighted by Gasteiger charge is 2.18. The summed E-state index contributed by atoms with van der Waals surface area (Å²) in [4.78, 5) is 0. The first-order chi connectivity index (χ1) is 3.92. The second-order valence-corrected chi connectivity index (χ2v) is 2.48. The summed E-state index contributed by atoms with van der Waals surface area (Å²) >= 11 is 0. The molecule has 0 aliphatic carbocycles. The zero-order valence-corrected chi connectivity index (χ0v) is 5.50. The molecule has 0 bridgehead atoms. The minimum Gasteiger partial charge on any atom is -0.390 e. The van der Waals surface area contributed by atoms with E-state index in [0.29, 0.717) is 0 Å². The predicted octanol–water partition coefficient (Wildman–Crippen LogP) is -3.72. The molecule has 0 spiro atoms. The standard InChI is InChI=1S/C3H7ClO5/c1-3(5)2-9-4(6,7)8/h3,5H,2H2,1H3. The van der Waals surface area contributed by atoms with E-state index >= 15 is 0 Å². The number of hydrogen-bond donors (Lipinski definition) is 1. The van der Waals surface area contributed by atoms with Crippen molar-refractivity contribution >= 4 is 0 Å². The van der Waals surface area contributed by atoms with E-state index in [0.717, 1.165) is 0 Å². The molecule has 56 valence electrons. The molecule has 0 heterocycles. The van der Waals surface area contributed by atoms with Gasteiger partial charge in [0.1, 0.15) is 0 Å². The van der Waals surface area contributed by atoms with E-state index in [9.17, 15) is 14.0 Å². The number of rotatable bonds is 3. The maximum absolute atomic E-state index is 9.62. The van der Waals surface area contributed by atoms with Crippen LogP contribution in [0.25, 0.3) is 0 Å². The molecule has 0 rings (SSSR count). The predicted molar refractivity (Wildman–Crippen MR) is 17.6 cm³/mol. The van der Waals surface area contributed by atoms with Gasteiger partial charge >= 0.3 is 0 Å². The van der Waals surface area contributed by atoms with Crippen molar-refractivity contribution in [3.8, 4) is 0 Å². The van der Waals surface area contributed by atoms with Crippen molar-refractivity contribution in [2.75, 3.05) is 6.61 Å². The Morgan fingerprint density at radius 3 is 2.11 bits per heavy atom. The van der Waals surface area contributed by atoms with Crippen molar-refractivity contribution in [1.82, 2.24) is 0 Å². The van der Waals surface area contributed by atoms with Gasteiger partial charge in [0.15, 0.2) is 0 Å². The van der Waals surface area contributed by atoms with E-state index in [2.05, 4.69) is 4.29 Å². The summed E-state index contributed by atoms with van der Waals surface area (Å²) in [7, 11) is -4.38. The molecule has 0 saturated heterocycles. The van der Waals surface area contributed by atoms with Crippen LogP contribution in [-0.2, 0) is 4.29 Å². The van der Waals surface area contributed by atoms with E-state index in [1.54, 1.807) is 0 Å². The summed E-state index contributed by atoms with van der Waals surface area (Å²) in [5.41, 5.74) is 0. The molecule has 0 aromatic carbocycles. The van der Waals surface area contributed by atoms with Gasteiger partial charge in [-0.25, -0.2) is 0 Å². The van der Waals surface area contributed by atoms with Gasteiger partial charge in [0.2, 0.25) is 6.61 Å². The Kier molecular flexibility index (Phi) is 3.34. The van der Waals surface area contributed by atoms with Crippen LogP contribution in [-0.4, -0.2) is 17.8 Å². The second kappa shape index (κ2) is 3.31. The van der Waals surface area contributed by atoms with Crippen LogP contribution in [0.2, 0.25) is 0 Å². The molecule has 9 heavy (non-hydrogen) atoms. The van der Waals surface area contributed by atoms with Gasteiger partial charge in [0, 0.05) is 0 Å². The molecule has 0 saturated carbocycles. The minimum atomic E-state index is -4.38. The largest absolute Gasteiger partial charge is 0.390 e. The van der Waals surface area contributed by atoms with E-state index < -0.39 is 23.0 Å². The van der Waals surface area contributed by atoms with E-state index in [-0.39, 0.29) is 0 Å². The first-order valence-electron chi connectivity index (χ1n) is 2.15. The van der Waals surface area contributed by atoms with Gasteiger partial charge < -0.3 is 5.11 Å². The van der Waals surface area contributed by atoms with Gasteiger partial charge in [-0.15, -0.1) is 0 Å². The Morgan fingerprint density at radius 1 is 1.56 bits per heavy atom. The van der Waals surface area contributed by atoms with Gasteiger partial charge in [-0.3, -0.25) is 0 Å². The fourth-order valence-corrected chi connectivity index (χ4v) is 0.505. The number of aliphatic hydroxyl groups is 1. The lowest BCUT2D eigenvalue weighted by Gasteiger charge is -2.12. The Hall–Kier alpha value is 0.0900. The third kappa shape index (κ3) is 8.09. The molecule has 0 aromatic heterocycles. The van der Waals surface area contributed by atoms with Crippen LogP contribution >= 0.6 is 0 Å². The molecule has 0 aliphatic heterocycles. The van der Waals surface area contributed by atoms with Crippen LogP contribution in [0.3, 0.4) is 0 Å². The van der Waals surface area contributed by atoms with Crippen molar-refractivity contribution in [3.63, 3.8) is 0 Å². The second-order valence-electron chi connectivity index (χ2n) is 1.50. The van der Waals surface area contributed by atoms with E-state index in [1.165, 1.54) is 6.92 Å². The molecule has 0 radical (unpaired) electrons. The first kappa shape index (κ1) is 9.09. The molecule has 1 unspecified atom stereocenters. The van der Waals surface area contributed by atoms with Crippen molar-refractivity contribution in [1.29, 1.82) is 0 Å². The maximum Gasteiger partial charge on any atom is 0.229 e. The fourth-order valence-electron chi connectivity index (χ4n) is 0.168. The summed E-state index contributed by atoms with van der Waals surface area (Å²) in [6, 6.07) is 0. The third-order valence-corrected chi connectivity index (χ3v) is 0.831. The van der Waals surface area contributed by atoms with Gasteiger partial charge in [0.25, 0.3) is 0 Å². The van der Waals surface area contributed by atoms with Crippen LogP contribution in [0.15, 0.2) is 0 Å². The first-order valence-corrected chi connectivity index (χ1v) is 3.38. The molecule has 0 amide bonds. The van der Waals surface area contributed by atoms with Crippen LogP contribution in [0, 0.1) is 10.2 Å². The summed E-state index contributed by atoms with van der Waals surface area (Å²) in [5.74, 6) is 0. The average molecular weight is 159 g/mol. The summed E-state index contributed by atoms with van der Waals surface area (Å²) in [6.45, 7) is 0.814. The smallest absolute Gasteiger partial charge is 0.229 e. The zero-order valence-electron chi connectivity index (χ0n) is 4.74. The zero-order chi connectivity index (χ0) is 7.49. The van der Waals surface area contributed by atoms with Crippen molar-refractivity contribution in [2.45, 2.75) is 13.0 Å².